The molecule has 3 heteroatoms. The SMILES string of the molecule is CN(C1CCc2ccc(F)cc21)C1(c2cccnc2)CC1. The zero-order chi connectivity index (χ0) is 14.4. The van der Waals surface area contributed by atoms with Gasteiger partial charge in [0.05, 0.1) is 0 Å². The Hall–Kier alpha value is -1.74. The topological polar surface area (TPSA) is 16.1 Å². The molecule has 21 heavy (non-hydrogen) atoms. The fraction of sp³-hybridized carbons (Fsp3) is 0.389. The highest BCUT2D eigenvalue weighted by molar-refractivity contribution is 5.37. The molecule has 1 aromatic carbocycles. The van der Waals surface area contributed by atoms with Crippen molar-refractivity contribution in [1.82, 2.24) is 9.88 Å². The van der Waals surface area contributed by atoms with E-state index in [0.29, 0.717) is 6.04 Å². The quantitative estimate of drug-likeness (QED) is 0.850. The average molecular weight is 282 g/mol. The third-order valence-corrected chi connectivity index (χ3v) is 5.22. The molecule has 1 fully saturated rings. The van der Waals surface area contributed by atoms with Crippen LogP contribution in [0.1, 0.15) is 42.0 Å². The van der Waals surface area contributed by atoms with Crippen LogP contribution < -0.4 is 0 Å². The molecule has 2 aromatic rings. The van der Waals surface area contributed by atoms with E-state index in [-0.39, 0.29) is 11.4 Å². The molecule has 0 spiro atoms. The molecular weight excluding hydrogens is 263 g/mol. The zero-order valence-electron chi connectivity index (χ0n) is 12.2. The fourth-order valence-electron chi connectivity index (χ4n) is 3.85. The van der Waals surface area contributed by atoms with Crippen LogP contribution in [0.4, 0.5) is 4.39 Å². The average Bonchev–Trinajstić information content (AvgIpc) is 3.23. The van der Waals surface area contributed by atoms with Crippen molar-refractivity contribution < 1.29 is 4.39 Å². The summed E-state index contributed by atoms with van der Waals surface area (Å²) in [4.78, 5) is 6.73. The molecule has 1 unspecified atom stereocenters. The minimum atomic E-state index is -0.125. The summed E-state index contributed by atoms with van der Waals surface area (Å²) in [5.41, 5.74) is 3.87. The van der Waals surface area contributed by atoms with Crippen molar-refractivity contribution >= 4 is 0 Å². The number of benzene rings is 1. The molecule has 0 radical (unpaired) electrons. The van der Waals surface area contributed by atoms with E-state index in [4.69, 9.17) is 0 Å². The molecular formula is C18H19FN2. The Morgan fingerprint density at radius 3 is 2.86 bits per heavy atom. The Balaban J connectivity index is 1.68. The summed E-state index contributed by atoms with van der Waals surface area (Å²) in [6, 6.07) is 9.74. The highest BCUT2D eigenvalue weighted by Crippen LogP contribution is 2.54. The van der Waals surface area contributed by atoms with E-state index >= 15 is 0 Å². The summed E-state index contributed by atoms with van der Waals surface area (Å²) in [6.07, 6.45) is 8.25. The smallest absolute Gasteiger partial charge is 0.123 e. The van der Waals surface area contributed by atoms with Crippen LogP contribution in [0.2, 0.25) is 0 Å². The highest BCUT2D eigenvalue weighted by atomic mass is 19.1. The Bertz CT molecular complexity index is 664. The minimum Gasteiger partial charge on any atom is -0.290 e. The molecule has 1 heterocycles. The van der Waals surface area contributed by atoms with Gasteiger partial charge in [-0.05, 0) is 67.6 Å². The van der Waals surface area contributed by atoms with Gasteiger partial charge in [-0.2, -0.15) is 0 Å². The van der Waals surface area contributed by atoms with Gasteiger partial charge in [-0.3, -0.25) is 9.88 Å². The summed E-state index contributed by atoms with van der Waals surface area (Å²) in [5.74, 6) is -0.125. The largest absolute Gasteiger partial charge is 0.290 e. The number of aromatic nitrogens is 1. The maximum absolute atomic E-state index is 13.6. The molecule has 0 amide bonds. The first-order valence-corrected chi connectivity index (χ1v) is 7.62. The molecule has 0 N–H and O–H groups in total. The van der Waals surface area contributed by atoms with Crippen LogP contribution in [0.25, 0.3) is 0 Å². The van der Waals surface area contributed by atoms with E-state index in [9.17, 15) is 4.39 Å². The second-order valence-electron chi connectivity index (χ2n) is 6.28. The summed E-state index contributed by atoms with van der Waals surface area (Å²) >= 11 is 0. The standard InChI is InChI=1S/C18H19FN2/c1-21(18(8-9-18)14-3-2-10-20-12-14)17-7-5-13-4-6-15(19)11-16(13)17/h2-4,6,10-12,17H,5,7-9H2,1H3. The second-order valence-corrected chi connectivity index (χ2v) is 6.28. The summed E-state index contributed by atoms with van der Waals surface area (Å²) in [5, 5.41) is 0. The van der Waals surface area contributed by atoms with Crippen molar-refractivity contribution in [2.45, 2.75) is 37.3 Å². The molecule has 0 saturated heterocycles. The van der Waals surface area contributed by atoms with Crippen molar-refractivity contribution in [3.05, 3.63) is 65.2 Å². The van der Waals surface area contributed by atoms with Crippen LogP contribution in [-0.4, -0.2) is 16.9 Å². The number of pyridine rings is 1. The van der Waals surface area contributed by atoms with Gasteiger partial charge in [0.1, 0.15) is 5.82 Å². The normalized spacial score (nSPS) is 22.3. The van der Waals surface area contributed by atoms with Gasteiger partial charge >= 0.3 is 0 Å². The van der Waals surface area contributed by atoms with Gasteiger partial charge in [-0.25, -0.2) is 4.39 Å². The van der Waals surface area contributed by atoms with Crippen LogP contribution in [0, 0.1) is 5.82 Å². The number of hydrogen-bond acceptors (Lipinski definition) is 2. The van der Waals surface area contributed by atoms with Gasteiger partial charge in [0.2, 0.25) is 0 Å². The first-order valence-electron chi connectivity index (χ1n) is 7.62. The van der Waals surface area contributed by atoms with E-state index in [1.165, 1.54) is 16.7 Å². The van der Waals surface area contributed by atoms with Crippen molar-refractivity contribution in [2.24, 2.45) is 0 Å². The van der Waals surface area contributed by atoms with E-state index in [1.54, 1.807) is 12.1 Å². The van der Waals surface area contributed by atoms with Crippen LogP contribution in [0.15, 0.2) is 42.7 Å². The van der Waals surface area contributed by atoms with Gasteiger partial charge in [-0.15, -0.1) is 0 Å². The number of nitrogens with zero attached hydrogens (tertiary/aromatic N) is 2. The zero-order valence-corrected chi connectivity index (χ0v) is 12.2. The molecule has 4 rings (SSSR count). The van der Waals surface area contributed by atoms with E-state index < -0.39 is 0 Å². The number of fused-ring (bicyclic) bond motifs is 1. The number of halogens is 1. The lowest BCUT2D eigenvalue weighted by Crippen LogP contribution is -2.34. The van der Waals surface area contributed by atoms with Crippen molar-refractivity contribution in [1.29, 1.82) is 0 Å². The molecule has 0 bridgehead atoms. The molecule has 0 aliphatic heterocycles. The van der Waals surface area contributed by atoms with Gasteiger partial charge in [0, 0.05) is 24.0 Å². The van der Waals surface area contributed by atoms with Crippen molar-refractivity contribution in [3.63, 3.8) is 0 Å². The Morgan fingerprint density at radius 2 is 2.14 bits per heavy atom. The van der Waals surface area contributed by atoms with Crippen LogP contribution in [0.5, 0.6) is 0 Å². The van der Waals surface area contributed by atoms with Gasteiger partial charge in [-0.1, -0.05) is 12.1 Å². The first kappa shape index (κ1) is 13.0. The number of hydrogen-bond donors (Lipinski definition) is 0. The highest BCUT2D eigenvalue weighted by Gasteiger charge is 2.51. The molecule has 1 aromatic heterocycles. The van der Waals surface area contributed by atoms with E-state index in [1.807, 2.05) is 24.5 Å². The molecule has 108 valence electrons. The van der Waals surface area contributed by atoms with Gasteiger partial charge in [0.15, 0.2) is 0 Å². The third-order valence-electron chi connectivity index (χ3n) is 5.22. The summed E-state index contributed by atoms with van der Waals surface area (Å²) in [6.45, 7) is 0. The third kappa shape index (κ3) is 1.99. The lowest BCUT2D eigenvalue weighted by atomic mass is 10.0. The van der Waals surface area contributed by atoms with E-state index in [0.717, 1.165) is 25.7 Å². The molecule has 2 aliphatic rings. The minimum absolute atomic E-state index is 0.104. The number of rotatable bonds is 3. The van der Waals surface area contributed by atoms with Crippen LogP contribution in [0.3, 0.4) is 0 Å². The van der Waals surface area contributed by atoms with Gasteiger partial charge < -0.3 is 0 Å². The number of aryl methyl sites for hydroxylation is 1. The van der Waals surface area contributed by atoms with Crippen LogP contribution in [-0.2, 0) is 12.0 Å². The summed E-state index contributed by atoms with van der Waals surface area (Å²) < 4.78 is 13.6. The first-order chi connectivity index (χ1) is 10.2. The Kier molecular flexibility index (Phi) is 2.86. The summed E-state index contributed by atoms with van der Waals surface area (Å²) in [7, 11) is 2.19. The lowest BCUT2D eigenvalue weighted by Gasteiger charge is -2.34. The molecule has 2 nitrogen and oxygen atoms in total. The lowest BCUT2D eigenvalue weighted by molar-refractivity contribution is 0.152. The molecule has 1 saturated carbocycles. The van der Waals surface area contributed by atoms with Crippen molar-refractivity contribution in [2.75, 3.05) is 7.05 Å². The molecule has 2 aliphatic carbocycles. The molecule has 1 atom stereocenters. The monoisotopic (exact) mass is 282 g/mol. The fourth-order valence-corrected chi connectivity index (χ4v) is 3.85. The van der Waals surface area contributed by atoms with Crippen LogP contribution >= 0.6 is 0 Å². The predicted octanol–water partition coefficient (Wildman–Crippen LogP) is 3.83. The van der Waals surface area contributed by atoms with Gasteiger partial charge in [0.25, 0.3) is 0 Å². The maximum Gasteiger partial charge on any atom is 0.123 e. The van der Waals surface area contributed by atoms with Crippen molar-refractivity contribution in [3.8, 4) is 0 Å². The maximum atomic E-state index is 13.6. The predicted molar refractivity (Wildman–Crippen MR) is 80.4 cm³/mol. The Labute approximate surface area is 124 Å². The second kappa shape index (κ2) is 4.63. The van der Waals surface area contributed by atoms with E-state index in [2.05, 4.69) is 23.0 Å². The Morgan fingerprint density at radius 1 is 1.29 bits per heavy atom.